The Labute approximate surface area is 159 Å². The van der Waals surface area contributed by atoms with E-state index < -0.39 is 0 Å². The molecule has 0 unspecified atom stereocenters. The van der Waals surface area contributed by atoms with Gasteiger partial charge in [0.15, 0.2) is 11.5 Å². The second-order valence-corrected chi connectivity index (χ2v) is 6.49. The first kappa shape index (κ1) is 17.0. The van der Waals surface area contributed by atoms with Gasteiger partial charge in [0.2, 0.25) is 5.91 Å². The fraction of sp³-hybridized carbons (Fsp3) is 0.111. The summed E-state index contributed by atoms with van der Waals surface area (Å²) in [5.41, 5.74) is 9.84. The Bertz CT molecular complexity index is 1180. The predicted octanol–water partition coefficient (Wildman–Crippen LogP) is 2.39. The Hall–Kier alpha value is -3.39. The minimum Gasteiger partial charge on any atom is -0.382 e. The summed E-state index contributed by atoms with van der Waals surface area (Å²) in [6, 6.07) is 5.73. The highest BCUT2D eigenvalue weighted by atomic mass is 35.5. The van der Waals surface area contributed by atoms with Gasteiger partial charge in [0, 0.05) is 16.1 Å². The summed E-state index contributed by atoms with van der Waals surface area (Å²) in [5.74, 6) is 0.115. The van der Waals surface area contributed by atoms with Crippen LogP contribution in [0.15, 0.2) is 43.5 Å². The number of nitrogens with two attached hydrogens (primary N) is 1. The van der Waals surface area contributed by atoms with Crippen molar-refractivity contribution >= 4 is 45.4 Å². The first-order valence-corrected chi connectivity index (χ1v) is 8.54. The molecule has 0 aliphatic heterocycles. The van der Waals surface area contributed by atoms with Crippen LogP contribution in [0.5, 0.6) is 0 Å². The van der Waals surface area contributed by atoms with E-state index in [0.717, 1.165) is 22.2 Å². The summed E-state index contributed by atoms with van der Waals surface area (Å²) in [4.78, 5) is 27.3. The van der Waals surface area contributed by atoms with Crippen LogP contribution in [-0.2, 0) is 17.9 Å². The van der Waals surface area contributed by atoms with Gasteiger partial charge in [-0.05, 0) is 29.8 Å². The zero-order valence-corrected chi connectivity index (χ0v) is 15.0. The Morgan fingerprint density at radius 1 is 1.33 bits per heavy atom. The molecular formula is C18H16ClN7O. The number of hydrogen-bond acceptors (Lipinski definition) is 5. The normalized spacial score (nSPS) is 11.1. The lowest BCUT2D eigenvalue weighted by molar-refractivity contribution is -0.116. The zero-order chi connectivity index (χ0) is 19.0. The van der Waals surface area contributed by atoms with Crippen molar-refractivity contribution in [3.63, 3.8) is 0 Å². The summed E-state index contributed by atoms with van der Waals surface area (Å²) < 4.78 is 1.89. The molecule has 9 heteroatoms. The van der Waals surface area contributed by atoms with Crippen molar-refractivity contribution in [1.29, 1.82) is 0 Å². The van der Waals surface area contributed by atoms with Crippen molar-refractivity contribution in [2.24, 2.45) is 0 Å². The average molecular weight is 382 g/mol. The number of imidazole rings is 1. The number of nitrogen functional groups attached to an aromatic ring is 1. The van der Waals surface area contributed by atoms with Gasteiger partial charge in [-0.1, -0.05) is 18.2 Å². The molecule has 3 heterocycles. The number of hydrogen-bond donors (Lipinski definition) is 3. The molecule has 0 aliphatic rings. The quantitative estimate of drug-likeness (QED) is 0.459. The van der Waals surface area contributed by atoms with Gasteiger partial charge in [0.25, 0.3) is 0 Å². The number of anilines is 1. The van der Waals surface area contributed by atoms with Gasteiger partial charge in [-0.2, -0.15) is 0 Å². The van der Waals surface area contributed by atoms with Crippen LogP contribution in [0.1, 0.15) is 11.3 Å². The van der Waals surface area contributed by atoms with Gasteiger partial charge in [0.05, 0.1) is 24.9 Å². The van der Waals surface area contributed by atoms with Crippen molar-refractivity contribution in [2.45, 2.75) is 13.1 Å². The van der Waals surface area contributed by atoms with Crippen molar-refractivity contribution < 1.29 is 4.79 Å². The number of aromatic amines is 1. The van der Waals surface area contributed by atoms with E-state index in [4.69, 9.17) is 17.3 Å². The van der Waals surface area contributed by atoms with Gasteiger partial charge in [0.1, 0.15) is 11.8 Å². The third kappa shape index (κ3) is 3.22. The van der Waals surface area contributed by atoms with Crippen LogP contribution >= 0.6 is 11.6 Å². The van der Waals surface area contributed by atoms with Gasteiger partial charge < -0.3 is 20.6 Å². The maximum Gasteiger partial charge on any atom is 0.243 e. The molecule has 27 heavy (non-hydrogen) atoms. The Kier molecular flexibility index (Phi) is 4.25. The second-order valence-electron chi connectivity index (χ2n) is 6.05. The SMILES string of the molecule is C=CC(=O)NCc1cc2cc(Cl)cc(Cn3cnc4c(N)ncnc43)c2[nH]1. The van der Waals surface area contributed by atoms with Gasteiger partial charge in [-0.15, -0.1) is 0 Å². The number of nitrogens with zero attached hydrogens (tertiary/aromatic N) is 4. The van der Waals surface area contributed by atoms with Crippen molar-refractivity contribution in [3.05, 3.63) is 59.8 Å². The topological polar surface area (TPSA) is 115 Å². The number of aromatic nitrogens is 5. The Balaban J connectivity index is 1.72. The molecule has 3 aromatic heterocycles. The number of nitrogens with one attached hydrogen (secondary N) is 2. The molecule has 8 nitrogen and oxygen atoms in total. The highest BCUT2D eigenvalue weighted by molar-refractivity contribution is 6.31. The third-order valence-corrected chi connectivity index (χ3v) is 4.46. The second kappa shape index (κ2) is 6.73. The number of halogens is 1. The lowest BCUT2D eigenvalue weighted by atomic mass is 10.1. The smallest absolute Gasteiger partial charge is 0.243 e. The van der Waals surface area contributed by atoms with Crippen molar-refractivity contribution in [3.8, 4) is 0 Å². The van der Waals surface area contributed by atoms with E-state index >= 15 is 0 Å². The highest BCUT2D eigenvalue weighted by Crippen LogP contribution is 2.26. The first-order chi connectivity index (χ1) is 13.0. The minimum absolute atomic E-state index is 0.228. The zero-order valence-electron chi connectivity index (χ0n) is 14.2. The van der Waals surface area contributed by atoms with Crippen LogP contribution in [0.3, 0.4) is 0 Å². The van der Waals surface area contributed by atoms with E-state index in [2.05, 4.69) is 31.8 Å². The van der Waals surface area contributed by atoms with E-state index in [-0.39, 0.29) is 5.91 Å². The van der Waals surface area contributed by atoms with Gasteiger partial charge in [-0.25, -0.2) is 15.0 Å². The average Bonchev–Trinajstić information content (AvgIpc) is 3.24. The number of amides is 1. The van der Waals surface area contributed by atoms with Crippen LogP contribution in [0.2, 0.25) is 5.02 Å². The molecule has 1 amide bonds. The fourth-order valence-electron chi connectivity index (χ4n) is 3.01. The molecule has 1 aromatic carbocycles. The number of H-pyrrole nitrogens is 1. The number of fused-ring (bicyclic) bond motifs is 2. The molecule has 4 N–H and O–H groups in total. The molecule has 0 radical (unpaired) electrons. The van der Waals surface area contributed by atoms with Crippen molar-refractivity contribution in [2.75, 3.05) is 5.73 Å². The molecule has 0 saturated heterocycles. The molecule has 4 rings (SSSR count). The molecule has 0 atom stereocenters. The van der Waals surface area contributed by atoms with Crippen LogP contribution in [0.4, 0.5) is 5.82 Å². The summed E-state index contributed by atoms with van der Waals surface area (Å²) in [6.45, 7) is 4.32. The Morgan fingerprint density at radius 3 is 3.00 bits per heavy atom. The lowest BCUT2D eigenvalue weighted by Gasteiger charge is -2.07. The largest absolute Gasteiger partial charge is 0.382 e. The molecule has 0 spiro atoms. The lowest BCUT2D eigenvalue weighted by Crippen LogP contribution is -2.20. The number of carbonyl (C=O) groups excluding carboxylic acids is 1. The molecule has 0 saturated carbocycles. The van der Waals surface area contributed by atoms with Crippen molar-refractivity contribution in [1.82, 2.24) is 29.8 Å². The molecule has 136 valence electrons. The third-order valence-electron chi connectivity index (χ3n) is 4.24. The maximum atomic E-state index is 11.4. The minimum atomic E-state index is -0.228. The monoisotopic (exact) mass is 381 g/mol. The summed E-state index contributed by atoms with van der Waals surface area (Å²) in [5, 5.41) is 4.33. The van der Waals surface area contributed by atoms with Crippen LogP contribution in [0.25, 0.3) is 22.1 Å². The number of benzene rings is 1. The predicted molar refractivity (Wildman–Crippen MR) is 104 cm³/mol. The van der Waals surface area contributed by atoms with Crippen LogP contribution in [-0.4, -0.2) is 30.4 Å². The van der Waals surface area contributed by atoms with E-state index in [9.17, 15) is 4.79 Å². The number of carbonyl (C=O) groups is 1. The molecule has 4 aromatic rings. The van der Waals surface area contributed by atoms with Crippen LogP contribution < -0.4 is 11.1 Å². The number of rotatable bonds is 5. The van der Waals surface area contributed by atoms with E-state index in [1.165, 1.54) is 12.4 Å². The molecule has 0 aliphatic carbocycles. The molecular weight excluding hydrogens is 366 g/mol. The van der Waals surface area contributed by atoms with Crippen LogP contribution in [0, 0.1) is 0 Å². The first-order valence-electron chi connectivity index (χ1n) is 8.16. The molecule has 0 bridgehead atoms. The highest BCUT2D eigenvalue weighted by Gasteiger charge is 2.12. The van der Waals surface area contributed by atoms with Gasteiger partial charge in [-0.3, -0.25) is 4.79 Å². The maximum absolute atomic E-state index is 11.4. The molecule has 0 fully saturated rings. The Morgan fingerprint density at radius 2 is 2.19 bits per heavy atom. The van der Waals surface area contributed by atoms with E-state index in [1.54, 1.807) is 6.33 Å². The fourth-order valence-corrected chi connectivity index (χ4v) is 3.26. The standard InChI is InChI=1S/C18H16ClN7O/c1-2-14(27)21-6-13-5-10-3-12(19)4-11(15(10)25-13)7-26-9-24-16-17(20)22-8-23-18(16)26/h2-5,8-9,25H,1,6-7H2,(H,21,27)(H2,20,22,23). The summed E-state index contributed by atoms with van der Waals surface area (Å²) >= 11 is 6.30. The van der Waals surface area contributed by atoms with E-state index in [0.29, 0.717) is 35.1 Å². The van der Waals surface area contributed by atoms with E-state index in [1.807, 2.05) is 22.8 Å². The van der Waals surface area contributed by atoms with Gasteiger partial charge >= 0.3 is 0 Å². The summed E-state index contributed by atoms with van der Waals surface area (Å²) in [6.07, 6.45) is 4.33. The summed E-state index contributed by atoms with van der Waals surface area (Å²) in [7, 11) is 0.